The van der Waals surface area contributed by atoms with Crippen LogP contribution in [0.5, 0.6) is 0 Å². The fraction of sp³-hybridized carbons (Fsp3) is 0.267. The molecule has 0 fully saturated rings. The molecule has 3 N–H and O–H groups in total. The number of aliphatic imine (C=N–C) groups is 1. The first-order valence-electron chi connectivity index (χ1n) is 6.68. The molecule has 0 saturated carbocycles. The molecule has 1 unspecified atom stereocenters. The van der Waals surface area contributed by atoms with Crippen LogP contribution < -0.4 is 10.6 Å². The molecule has 0 aliphatic heterocycles. The summed E-state index contributed by atoms with van der Waals surface area (Å²) in [5.74, 6) is 0.577. The van der Waals surface area contributed by atoms with Gasteiger partial charge in [-0.05, 0) is 29.8 Å². The minimum absolute atomic E-state index is 0. The normalized spacial score (nSPS) is 12.4. The Morgan fingerprint density at radius 1 is 1.26 bits per heavy atom. The molecule has 1 aromatic heterocycles. The average molecular weight is 470 g/mol. The Morgan fingerprint density at radius 3 is 2.52 bits per heavy atom. The topological polar surface area (TPSA) is 69.8 Å². The summed E-state index contributed by atoms with van der Waals surface area (Å²) in [5, 5.41) is 17.3. The maximum atomic E-state index is 10.2. The molecule has 0 amide bonds. The van der Waals surface area contributed by atoms with E-state index in [1.165, 1.54) is 0 Å². The summed E-state index contributed by atoms with van der Waals surface area (Å²) in [6, 6.07) is 6.85. The summed E-state index contributed by atoms with van der Waals surface area (Å²) in [6.45, 7) is 0.858. The van der Waals surface area contributed by atoms with Gasteiger partial charge in [-0.25, -0.2) is 0 Å². The van der Waals surface area contributed by atoms with Crippen LogP contribution in [0.3, 0.4) is 0 Å². The first-order valence-corrected chi connectivity index (χ1v) is 7.43. The lowest BCUT2D eigenvalue weighted by Gasteiger charge is -2.16. The van der Waals surface area contributed by atoms with Crippen LogP contribution in [0.1, 0.15) is 17.2 Å². The predicted molar refractivity (Wildman–Crippen MR) is 104 cm³/mol. The first kappa shape index (κ1) is 20.1. The molecule has 23 heavy (non-hydrogen) atoms. The van der Waals surface area contributed by atoms with Gasteiger partial charge in [-0.1, -0.05) is 23.2 Å². The highest BCUT2D eigenvalue weighted by atomic mass is 127. The van der Waals surface area contributed by atoms with Gasteiger partial charge in [0.25, 0.3) is 0 Å². The monoisotopic (exact) mass is 469 g/mol. The van der Waals surface area contributed by atoms with Crippen molar-refractivity contribution >= 4 is 53.1 Å². The number of nitrogens with one attached hydrogen (secondary N) is 2. The lowest BCUT2D eigenvalue weighted by Crippen LogP contribution is -2.38. The van der Waals surface area contributed by atoms with Gasteiger partial charge in [-0.2, -0.15) is 0 Å². The number of nitrogens with zero attached hydrogens (tertiary/aromatic N) is 1. The van der Waals surface area contributed by atoms with E-state index in [4.69, 9.17) is 27.6 Å². The highest BCUT2D eigenvalue weighted by Gasteiger charge is 2.10. The van der Waals surface area contributed by atoms with Crippen molar-refractivity contribution in [3.05, 3.63) is 58.0 Å². The Balaban J connectivity index is 0.00000264. The van der Waals surface area contributed by atoms with E-state index in [-0.39, 0.29) is 30.5 Å². The van der Waals surface area contributed by atoms with Crippen molar-refractivity contribution in [2.45, 2.75) is 12.6 Å². The molecule has 0 spiro atoms. The second-order valence-electron chi connectivity index (χ2n) is 4.66. The molecule has 1 heterocycles. The van der Waals surface area contributed by atoms with E-state index in [0.29, 0.717) is 28.1 Å². The van der Waals surface area contributed by atoms with E-state index in [0.717, 1.165) is 5.56 Å². The zero-order chi connectivity index (χ0) is 15.9. The second kappa shape index (κ2) is 10.0. The van der Waals surface area contributed by atoms with Crippen LogP contribution in [-0.2, 0) is 6.54 Å². The van der Waals surface area contributed by atoms with Crippen LogP contribution in [0.4, 0.5) is 0 Å². The number of rotatable bonds is 5. The van der Waals surface area contributed by atoms with Crippen LogP contribution in [0.15, 0.2) is 46.2 Å². The van der Waals surface area contributed by atoms with Gasteiger partial charge in [-0.15, -0.1) is 24.0 Å². The molecule has 2 aromatic rings. The summed E-state index contributed by atoms with van der Waals surface area (Å²) in [5.41, 5.74) is 1.65. The standard InChI is InChI=1S/C15H17Cl2N3O2.HI/c1-18-15(19-7-10-2-3-22-9-10)20-8-14(21)11-4-12(16)6-13(17)5-11;/h2-6,9,14,21H,7-8H2,1H3,(H2,18,19,20);1H. The number of aliphatic hydroxyl groups excluding tert-OH is 1. The molecule has 8 heteroatoms. The van der Waals surface area contributed by atoms with E-state index in [2.05, 4.69) is 15.6 Å². The third-order valence-corrected chi connectivity index (χ3v) is 3.43. The van der Waals surface area contributed by atoms with Crippen molar-refractivity contribution in [3.63, 3.8) is 0 Å². The average Bonchev–Trinajstić information content (AvgIpc) is 2.99. The largest absolute Gasteiger partial charge is 0.472 e. The molecule has 0 saturated heterocycles. The number of hydrogen-bond acceptors (Lipinski definition) is 3. The van der Waals surface area contributed by atoms with Crippen LogP contribution in [0.2, 0.25) is 10.0 Å². The highest BCUT2D eigenvalue weighted by molar-refractivity contribution is 14.0. The summed E-state index contributed by atoms with van der Waals surface area (Å²) in [6.07, 6.45) is 2.52. The summed E-state index contributed by atoms with van der Waals surface area (Å²) in [4.78, 5) is 4.09. The Hall–Kier alpha value is -0.960. The van der Waals surface area contributed by atoms with Crippen LogP contribution >= 0.6 is 47.2 Å². The van der Waals surface area contributed by atoms with Gasteiger partial charge >= 0.3 is 0 Å². The molecular formula is C15H18Cl2IN3O2. The number of halogens is 3. The summed E-state index contributed by atoms with van der Waals surface area (Å²) >= 11 is 11.9. The zero-order valence-electron chi connectivity index (χ0n) is 12.4. The van der Waals surface area contributed by atoms with Crippen molar-refractivity contribution in [2.75, 3.05) is 13.6 Å². The number of aliphatic hydroxyl groups is 1. The fourth-order valence-corrected chi connectivity index (χ4v) is 2.42. The van der Waals surface area contributed by atoms with Crippen LogP contribution in [-0.4, -0.2) is 24.7 Å². The van der Waals surface area contributed by atoms with Crippen molar-refractivity contribution in [3.8, 4) is 0 Å². The summed E-state index contributed by atoms with van der Waals surface area (Å²) in [7, 11) is 1.66. The van der Waals surface area contributed by atoms with Gasteiger partial charge in [0.05, 0.1) is 18.6 Å². The van der Waals surface area contributed by atoms with Gasteiger partial charge in [0.2, 0.25) is 0 Å². The van der Waals surface area contributed by atoms with E-state index < -0.39 is 6.10 Å². The molecule has 1 atom stereocenters. The molecule has 126 valence electrons. The van der Waals surface area contributed by atoms with E-state index in [9.17, 15) is 5.11 Å². The Labute approximate surface area is 162 Å². The Morgan fingerprint density at radius 2 is 1.96 bits per heavy atom. The van der Waals surface area contributed by atoms with Crippen molar-refractivity contribution in [2.24, 2.45) is 4.99 Å². The molecule has 0 aliphatic rings. The van der Waals surface area contributed by atoms with Gasteiger partial charge in [0.15, 0.2) is 5.96 Å². The van der Waals surface area contributed by atoms with Crippen molar-refractivity contribution < 1.29 is 9.52 Å². The molecule has 0 aliphatic carbocycles. The number of guanidine groups is 1. The van der Waals surface area contributed by atoms with Crippen molar-refractivity contribution in [1.29, 1.82) is 0 Å². The number of benzene rings is 1. The summed E-state index contributed by atoms with van der Waals surface area (Å²) < 4.78 is 4.99. The molecule has 0 radical (unpaired) electrons. The molecular weight excluding hydrogens is 452 g/mol. The highest BCUT2D eigenvalue weighted by Crippen LogP contribution is 2.23. The fourth-order valence-electron chi connectivity index (χ4n) is 1.88. The number of hydrogen-bond donors (Lipinski definition) is 3. The zero-order valence-corrected chi connectivity index (χ0v) is 16.3. The van der Waals surface area contributed by atoms with E-state index >= 15 is 0 Å². The van der Waals surface area contributed by atoms with Gasteiger partial charge in [-0.3, -0.25) is 4.99 Å². The third-order valence-electron chi connectivity index (χ3n) is 3.00. The van der Waals surface area contributed by atoms with Gasteiger partial charge < -0.3 is 20.2 Å². The second-order valence-corrected chi connectivity index (χ2v) is 5.53. The lowest BCUT2D eigenvalue weighted by atomic mass is 10.1. The minimum atomic E-state index is -0.747. The molecule has 5 nitrogen and oxygen atoms in total. The molecule has 1 aromatic carbocycles. The van der Waals surface area contributed by atoms with Gasteiger partial charge in [0.1, 0.15) is 0 Å². The van der Waals surface area contributed by atoms with Crippen LogP contribution in [0.25, 0.3) is 0 Å². The predicted octanol–water partition coefficient (Wildman–Crippen LogP) is 3.60. The van der Waals surface area contributed by atoms with Crippen LogP contribution in [0, 0.1) is 0 Å². The molecule has 2 rings (SSSR count). The first-order chi connectivity index (χ1) is 10.6. The maximum absolute atomic E-state index is 10.2. The van der Waals surface area contributed by atoms with E-state index in [1.807, 2.05) is 6.07 Å². The van der Waals surface area contributed by atoms with E-state index in [1.54, 1.807) is 37.8 Å². The van der Waals surface area contributed by atoms with Gasteiger partial charge in [0, 0.05) is 35.7 Å². The maximum Gasteiger partial charge on any atom is 0.191 e. The molecule has 0 bridgehead atoms. The lowest BCUT2D eigenvalue weighted by molar-refractivity contribution is 0.181. The SMILES string of the molecule is CN=C(NCc1ccoc1)NCC(O)c1cc(Cl)cc(Cl)c1.I. The van der Waals surface area contributed by atoms with Crippen molar-refractivity contribution in [1.82, 2.24) is 10.6 Å². The Bertz CT molecular complexity index is 615. The Kier molecular flexibility index (Phi) is 8.75. The number of furan rings is 1. The minimum Gasteiger partial charge on any atom is -0.472 e. The third kappa shape index (κ3) is 6.58. The quantitative estimate of drug-likeness (QED) is 0.355. The smallest absolute Gasteiger partial charge is 0.191 e.